The first-order valence-electron chi connectivity index (χ1n) is 7.43. The predicted octanol–water partition coefficient (Wildman–Crippen LogP) is 5.28. The van der Waals surface area contributed by atoms with Gasteiger partial charge in [0.1, 0.15) is 12.4 Å². The van der Waals surface area contributed by atoms with Gasteiger partial charge in [-0.1, -0.05) is 58.4 Å². The minimum atomic E-state index is -0.984. The van der Waals surface area contributed by atoms with Crippen molar-refractivity contribution in [1.29, 1.82) is 0 Å². The van der Waals surface area contributed by atoms with Crippen LogP contribution in [-0.2, 0) is 11.4 Å². The zero-order valence-electron chi connectivity index (χ0n) is 12.8. The summed E-state index contributed by atoms with van der Waals surface area (Å²) in [6.07, 6.45) is 2.72. The van der Waals surface area contributed by atoms with Crippen molar-refractivity contribution in [3.05, 3.63) is 82.3 Å². The van der Waals surface area contributed by atoms with Crippen molar-refractivity contribution in [3.8, 4) is 5.75 Å². The molecule has 0 aromatic heterocycles. The van der Waals surface area contributed by atoms with Crippen LogP contribution in [0.4, 0.5) is 0 Å². The maximum atomic E-state index is 10.9. The summed E-state index contributed by atoms with van der Waals surface area (Å²) in [5.41, 5.74) is 1.81. The highest BCUT2D eigenvalue weighted by Gasteiger charge is 2.07. The average molecular weight is 383 g/mol. The lowest BCUT2D eigenvalue weighted by Crippen LogP contribution is -1.98. The molecular weight excluding hydrogens is 368 g/mol. The molecule has 0 aliphatic rings. The summed E-state index contributed by atoms with van der Waals surface area (Å²) in [4.78, 5) is 10.9. The minimum Gasteiger partial charge on any atom is -0.488 e. The van der Waals surface area contributed by atoms with Gasteiger partial charge in [0.2, 0.25) is 0 Å². The van der Waals surface area contributed by atoms with E-state index < -0.39 is 5.97 Å². The molecule has 4 heteroatoms. The van der Waals surface area contributed by atoms with E-state index in [1.165, 1.54) is 0 Å². The van der Waals surface area contributed by atoms with E-state index >= 15 is 0 Å². The summed E-state index contributed by atoms with van der Waals surface area (Å²) in [6.45, 7) is 0.416. The lowest BCUT2D eigenvalue weighted by atomic mass is 10.0. The molecule has 3 rings (SSSR count). The molecule has 3 aromatic carbocycles. The summed E-state index contributed by atoms with van der Waals surface area (Å²) in [5.74, 6) is -0.323. The van der Waals surface area contributed by atoms with Crippen molar-refractivity contribution in [2.24, 2.45) is 0 Å². The number of aliphatic carboxylic acids is 1. The van der Waals surface area contributed by atoms with Crippen molar-refractivity contribution in [1.82, 2.24) is 0 Å². The molecule has 0 aliphatic heterocycles. The van der Waals surface area contributed by atoms with Crippen molar-refractivity contribution in [3.63, 3.8) is 0 Å². The second-order valence-corrected chi connectivity index (χ2v) is 6.20. The molecular formula is C20H15BrO3. The number of rotatable bonds is 5. The molecule has 1 N–H and O–H groups in total. The summed E-state index contributed by atoms with van der Waals surface area (Å²) in [7, 11) is 0. The van der Waals surface area contributed by atoms with Crippen LogP contribution in [0.25, 0.3) is 16.8 Å². The first-order valence-corrected chi connectivity index (χ1v) is 8.23. The number of carboxylic acid groups (broad SMARTS) is 1. The van der Waals surface area contributed by atoms with Gasteiger partial charge >= 0.3 is 5.97 Å². The van der Waals surface area contributed by atoms with Crippen molar-refractivity contribution in [2.75, 3.05) is 0 Å². The third-order valence-corrected chi connectivity index (χ3v) is 4.16. The molecule has 0 atom stereocenters. The molecule has 0 saturated carbocycles. The van der Waals surface area contributed by atoms with Crippen LogP contribution in [0.3, 0.4) is 0 Å². The fourth-order valence-corrected chi connectivity index (χ4v) is 2.73. The molecule has 0 aliphatic carbocycles. The summed E-state index contributed by atoms with van der Waals surface area (Å²) >= 11 is 3.41. The highest BCUT2D eigenvalue weighted by molar-refractivity contribution is 9.10. The number of carboxylic acids is 1. The third kappa shape index (κ3) is 3.84. The Morgan fingerprint density at radius 3 is 2.54 bits per heavy atom. The minimum absolute atomic E-state index is 0.416. The zero-order chi connectivity index (χ0) is 16.9. The van der Waals surface area contributed by atoms with E-state index in [2.05, 4.69) is 15.9 Å². The molecule has 0 bridgehead atoms. The highest BCUT2D eigenvalue weighted by atomic mass is 79.9. The molecule has 0 unspecified atom stereocenters. The van der Waals surface area contributed by atoms with Gasteiger partial charge in [-0.05, 0) is 40.6 Å². The number of hydrogen-bond donors (Lipinski definition) is 1. The van der Waals surface area contributed by atoms with Crippen LogP contribution < -0.4 is 4.74 Å². The van der Waals surface area contributed by atoms with Gasteiger partial charge in [0.25, 0.3) is 0 Å². The van der Waals surface area contributed by atoms with Gasteiger partial charge in [0.15, 0.2) is 0 Å². The highest BCUT2D eigenvalue weighted by Crippen LogP contribution is 2.30. The fourth-order valence-electron chi connectivity index (χ4n) is 2.47. The monoisotopic (exact) mass is 382 g/mol. The third-order valence-electron chi connectivity index (χ3n) is 3.63. The molecule has 3 nitrogen and oxygen atoms in total. The second-order valence-electron chi connectivity index (χ2n) is 5.29. The van der Waals surface area contributed by atoms with E-state index in [9.17, 15) is 4.79 Å². The van der Waals surface area contributed by atoms with Gasteiger partial charge < -0.3 is 9.84 Å². The van der Waals surface area contributed by atoms with Crippen LogP contribution in [0.1, 0.15) is 11.1 Å². The molecule has 0 fully saturated rings. The van der Waals surface area contributed by atoms with Gasteiger partial charge in [0, 0.05) is 16.1 Å². The van der Waals surface area contributed by atoms with Crippen molar-refractivity contribution >= 4 is 38.7 Å². The fraction of sp³-hybridized carbons (Fsp3) is 0.0500. The van der Waals surface area contributed by atoms with E-state index in [0.29, 0.717) is 12.4 Å². The number of benzene rings is 3. The maximum absolute atomic E-state index is 10.9. The van der Waals surface area contributed by atoms with Gasteiger partial charge in [-0.15, -0.1) is 0 Å². The summed E-state index contributed by atoms with van der Waals surface area (Å²) in [5, 5.41) is 10.9. The van der Waals surface area contributed by atoms with E-state index in [1.54, 1.807) is 6.08 Å². The van der Waals surface area contributed by atoms with E-state index in [4.69, 9.17) is 9.84 Å². The Hall–Kier alpha value is -2.59. The van der Waals surface area contributed by atoms with Crippen LogP contribution in [0.5, 0.6) is 5.75 Å². The van der Waals surface area contributed by atoms with Crippen LogP contribution in [0.15, 0.2) is 71.2 Å². The van der Waals surface area contributed by atoms with Crippen LogP contribution in [0.2, 0.25) is 0 Å². The molecule has 0 heterocycles. The Labute approximate surface area is 148 Å². The van der Waals surface area contributed by atoms with Gasteiger partial charge in [-0.3, -0.25) is 0 Å². The first kappa shape index (κ1) is 16.3. The zero-order valence-corrected chi connectivity index (χ0v) is 14.4. The second kappa shape index (κ2) is 7.32. The number of fused-ring (bicyclic) bond motifs is 1. The summed E-state index contributed by atoms with van der Waals surface area (Å²) < 4.78 is 6.96. The Bertz CT molecular complexity index is 898. The predicted molar refractivity (Wildman–Crippen MR) is 99.1 cm³/mol. The molecule has 0 amide bonds. The summed E-state index contributed by atoms with van der Waals surface area (Å²) in [6, 6.07) is 19.6. The lowest BCUT2D eigenvalue weighted by Gasteiger charge is -2.12. The molecule has 24 heavy (non-hydrogen) atoms. The number of hydrogen-bond acceptors (Lipinski definition) is 2. The molecule has 0 saturated heterocycles. The topological polar surface area (TPSA) is 46.5 Å². The molecule has 0 radical (unpaired) electrons. The first-order chi connectivity index (χ1) is 11.6. The normalized spacial score (nSPS) is 11.0. The maximum Gasteiger partial charge on any atom is 0.328 e. The van der Waals surface area contributed by atoms with E-state index in [0.717, 1.165) is 32.4 Å². The standard InChI is InChI=1S/C20H15BrO3/c21-16-8-5-14(6-9-16)13-24-19-11-7-15-3-1-2-4-17(15)18(19)10-12-20(22)23/h1-12H,13H2,(H,22,23). The van der Waals surface area contributed by atoms with Gasteiger partial charge in [-0.2, -0.15) is 0 Å². The number of ether oxygens (including phenoxy) is 1. The molecule has 3 aromatic rings. The van der Waals surface area contributed by atoms with E-state index in [1.807, 2.05) is 60.7 Å². The smallest absolute Gasteiger partial charge is 0.328 e. The van der Waals surface area contributed by atoms with Gasteiger partial charge in [0.05, 0.1) is 0 Å². The Morgan fingerprint density at radius 2 is 1.79 bits per heavy atom. The van der Waals surface area contributed by atoms with Crippen molar-refractivity contribution in [2.45, 2.75) is 6.61 Å². The van der Waals surface area contributed by atoms with Gasteiger partial charge in [-0.25, -0.2) is 4.79 Å². The SMILES string of the molecule is O=C(O)C=Cc1c(OCc2ccc(Br)cc2)ccc2ccccc12. The largest absolute Gasteiger partial charge is 0.488 e. The number of carbonyl (C=O) groups is 1. The van der Waals surface area contributed by atoms with E-state index in [-0.39, 0.29) is 0 Å². The Balaban J connectivity index is 1.95. The van der Waals surface area contributed by atoms with Crippen LogP contribution >= 0.6 is 15.9 Å². The molecule has 0 spiro atoms. The average Bonchev–Trinajstić information content (AvgIpc) is 2.59. The quantitative estimate of drug-likeness (QED) is 0.610. The Kier molecular flexibility index (Phi) is 4.96. The Morgan fingerprint density at radius 1 is 1.04 bits per heavy atom. The molecule has 120 valence electrons. The van der Waals surface area contributed by atoms with Crippen molar-refractivity contribution < 1.29 is 14.6 Å². The van der Waals surface area contributed by atoms with Crippen LogP contribution in [-0.4, -0.2) is 11.1 Å². The number of halogens is 1. The lowest BCUT2D eigenvalue weighted by molar-refractivity contribution is -0.131. The van der Waals surface area contributed by atoms with Crippen LogP contribution in [0, 0.1) is 0 Å².